The summed E-state index contributed by atoms with van der Waals surface area (Å²) in [6, 6.07) is 5.67. The monoisotopic (exact) mass is 222 g/mol. The highest BCUT2D eigenvalue weighted by molar-refractivity contribution is 4.94. The molecule has 0 aliphatic rings. The third kappa shape index (κ3) is 3.49. The maximum atomic E-state index is 11.6. The Balaban J connectivity index is 2.75. The average Bonchev–Trinajstić information content (AvgIpc) is 2.30. The molecule has 0 fully saturated rings. The first-order chi connectivity index (χ1) is 7.69. The second kappa shape index (κ2) is 6.48. The SMILES string of the molecule is CCNC(Cn1ccccc1=O)C(C)CC. The van der Waals surface area contributed by atoms with Gasteiger partial charge < -0.3 is 9.88 Å². The van der Waals surface area contributed by atoms with E-state index in [0.717, 1.165) is 19.5 Å². The first-order valence-corrected chi connectivity index (χ1v) is 6.07. The molecule has 3 nitrogen and oxygen atoms in total. The van der Waals surface area contributed by atoms with Gasteiger partial charge in [-0.15, -0.1) is 0 Å². The molecule has 0 amide bonds. The molecule has 3 heteroatoms. The maximum Gasteiger partial charge on any atom is 0.250 e. The Labute approximate surface area is 97.5 Å². The van der Waals surface area contributed by atoms with Crippen LogP contribution in [-0.4, -0.2) is 17.2 Å². The van der Waals surface area contributed by atoms with Crippen molar-refractivity contribution in [3.05, 3.63) is 34.7 Å². The van der Waals surface area contributed by atoms with Crippen LogP contribution < -0.4 is 10.9 Å². The maximum absolute atomic E-state index is 11.6. The predicted octanol–water partition coefficient (Wildman–Crippen LogP) is 1.87. The van der Waals surface area contributed by atoms with Gasteiger partial charge in [0.15, 0.2) is 0 Å². The number of nitrogens with one attached hydrogen (secondary N) is 1. The lowest BCUT2D eigenvalue weighted by Crippen LogP contribution is -2.40. The Morgan fingerprint density at radius 3 is 2.69 bits per heavy atom. The van der Waals surface area contributed by atoms with Gasteiger partial charge in [0.1, 0.15) is 0 Å². The molecule has 2 unspecified atom stereocenters. The molecule has 0 bridgehead atoms. The number of hydrogen-bond donors (Lipinski definition) is 1. The first-order valence-electron chi connectivity index (χ1n) is 6.07. The molecule has 0 saturated carbocycles. The number of likely N-dealkylation sites (N-methyl/N-ethyl adjacent to an activating group) is 1. The molecule has 0 radical (unpaired) electrons. The fourth-order valence-electron chi connectivity index (χ4n) is 1.82. The van der Waals surface area contributed by atoms with E-state index in [1.54, 1.807) is 16.7 Å². The van der Waals surface area contributed by atoms with Crippen molar-refractivity contribution in [3.63, 3.8) is 0 Å². The Kier molecular flexibility index (Phi) is 5.26. The molecule has 2 atom stereocenters. The van der Waals surface area contributed by atoms with Crippen LogP contribution in [0.25, 0.3) is 0 Å². The molecule has 0 saturated heterocycles. The van der Waals surface area contributed by atoms with Crippen molar-refractivity contribution in [2.45, 2.75) is 39.8 Å². The Morgan fingerprint density at radius 1 is 1.38 bits per heavy atom. The smallest absolute Gasteiger partial charge is 0.250 e. The molecule has 1 N–H and O–H groups in total. The van der Waals surface area contributed by atoms with Crippen LogP contribution in [0.1, 0.15) is 27.2 Å². The van der Waals surface area contributed by atoms with Gasteiger partial charge in [0.25, 0.3) is 5.56 Å². The normalized spacial score (nSPS) is 14.7. The fraction of sp³-hybridized carbons (Fsp3) is 0.615. The van der Waals surface area contributed by atoms with E-state index < -0.39 is 0 Å². The summed E-state index contributed by atoms with van der Waals surface area (Å²) in [5, 5.41) is 3.45. The zero-order valence-electron chi connectivity index (χ0n) is 10.4. The summed E-state index contributed by atoms with van der Waals surface area (Å²) in [6.07, 6.45) is 2.98. The van der Waals surface area contributed by atoms with Gasteiger partial charge in [0.2, 0.25) is 0 Å². The Bertz CT molecular complexity index is 359. The third-order valence-electron chi connectivity index (χ3n) is 3.09. The van der Waals surface area contributed by atoms with Gasteiger partial charge >= 0.3 is 0 Å². The fourth-order valence-corrected chi connectivity index (χ4v) is 1.82. The average molecular weight is 222 g/mol. The molecular weight excluding hydrogens is 200 g/mol. The first kappa shape index (κ1) is 13.0. The molecule has 1 rings (SSSR count). The van der Waals surface area contributed by atoms with Crippen LogP contribution in [0.3, 0.4) is 0 Å². The molecule has 1 heterocycles. The summed E-state index contributed by atoms with van der Waals surface area (Å²) in [7, 11) is 0. The lowest BCUT2D eigenvalue weighted by molar-refractivity contribution is 0.331. The van der Waals surface area contributed by atoms with Crippen LogP contribution in [0, 0.1) is 5.92 Å². The van der Waals surface area contributed by atoms with E-state index in [1.807, 2.05) is 12.3 Å². The van der Waals surface area contributed by atoms with Crippen LogP contribution in [0.4, 0.5) is 0 Å². The summed E-state index contributed by atoms with van der Waals surface area (Å²) in [4.78, 5) is 11.6. The van der Waals surface area contributed by atoms with Crippen LogP contribution in [0.15, 0.2) is 29.2 Å². The molecule has 0 spiro atoms. The van der Waals surface area contributed by atoms with E-state index in [1.165, 1.54) is 0 Å². The molecule has 0 aliphatic carbocycles. The summed E-state index contributed by atoms with van der Waals surface area (Å²) in [6.45, 7) is 8.20. The second-order valence-corrected chi connectivity index (χ2v) is 4.24. The van der Waals surface area contributed by atoms with Crippen molar-refractivity contribution in [3.8, 4) is 0 Å². The van der Waals surface area contributed by atoms with E-state index in [-0.39, 0.29) is 5.56 Å². The predicted molar refractivity (Wildman–Crippen MR) is 67.6 cm³/mol. The number of aromatic nitrogens is 1. The van der Waals surface area contributed by atoms with Gasteiger partial charge in [-0.05, 0) is 18.5 Å². The molecule has 1 aromatic heterocycles. The van der Waals surface area contributed by atoms with Crippen molar-refractivity contribution in [2.75, 3.05) is 6.54 Å². The summed E-state index contributed by atoms with van der Waals surface area (Å²) in [5.74, 6) is 0.576. The largest absolute Gasteiger partial charge is 0.314 e. The van der Waals surface area contributed by atoms with Gasteiger partial charge in [-0.3, -0.25) is 4.79 Å². The van der Waals surface area contributed by atoms with E-state index in [0.29, 0.717) is 12.0 Å². The third-order valence-corrected chi connectivity index (χ3v) is 3.09. The van der Waals surface area contributed by atoms with E-state index >= 15 is 0 Å². The number of hydrogen-bond acceptors (Lipinski definition) is 2. The highest BCUT2D eigenvalue weighted by Crippen LogP contribution is 2.09. The van der Waals surface area contributed by atoms with Crippen LogP contribution >= 0.6 is 0 Å². The van der Waals surface area contributed by atoms with E-state index in [4.69, 9.17) is 0 Å². The summed E-state index contributed by atoms with van der Waals surface area (Å²) >= 11 is 0. The molecule has 0 aliphatic heterocycles. The van der Waals surface area contributed by atoms with Gasteiger partial charge in [-0.25, -0.2) is 0 Å². The topological polar surface area (TPSA) is 34.0 Å². The molecule has 90 valence electrons. The lowest BCUT2D eigenvalue weighted by atomic mass is 9.99. The lowest BCUT2D eigenvalue weighted by Gasteiger charge is -2.24. The van der Waals surface area contributed by atoms with Crippen molar-refractivity contribution in [1.82, 2.24) is 9.88 Å². The van der Waals surface area contributed by atoms with E-state index in [2.05, 4.69) is 26.1 Å². The highest BCUT2D eigenvalue weighted by Gasteiger charge is 2.15. The quantitative estimate of drug-likeness (QED) is 0.797. The molecule has 1 aromatic rings. The minimum atomic E-state index is 0.0775. The van der Waals surface area contributed by atoms with E-state index in [9.17, 15) is 4.79 Å². The Morgan fingerprint density at radius 2 is 2.12 bits per heavy atom. The van der Waals surface area contributed by atoms with Crippen molar-refractivity contribution >= 4 is 0 Å². The molecule has 16 heavy (non-hydrogen) atoms. The molecular formula is C13H22N2O. The second-order valence-electron chi connectivity index (χ2n) is 4.24. The number of nitrogens with zero attached hydrogens (tertiary/aromatic N) is 1. The minimum Gasteiger partial charge on any atom is -0.314 e. The van der Waals surface area contributed by atoms with Gasteiger partial charge in [-0.1, -0.05) is 33.3 Å². The molecule has 0 aromatic carbocycles. The highest BCUT2D eigenvalue weighted by atomic mass is 16.1. The van der Waals surface area contributed by atoms with Gasteiger partial charge in [0, 0.05) is 24.8 Å². The van der Waals surface area contributed by atoms with Gasteiger partial charge in [0.05, 0.1) is 0 Å². The zero-order chi connectivity index (χ0) is 12.0. The standard InChI is InChI=1S/C13H22N2O/c1-4-11(3)12(14-5-2)10-15-9-7-6-8-13(15)16/h6-9,11-12,14H,4-5,10H2,1-3H3. The van der Waals surface area contributed by atoms with Crippen molar-refractivity contribution < 1.29 is 0 Å². The van der Waals surface area contributed by atoms with Crippen molar-refractivity contribution in [1.29, 1.82) is 0 Å². The minimum absolute atomic E-state index is 0.0775. The number of rotatable bonds is 6. The summed E-state index contributed by atoms with van der Waals surface area (Å²) in [5.41, 5.74) is 0.0775. The number of pyridine rings is 1. The van der Waals surface area contributed by atoms with Gasteiger partial charge in [-0.2, -0.15) is 0 Å². The summed E-state index contributed by atoms with van der Waals surface area (Å²) < 4.78 is 1.78. The van der Waals surface area contributed by atoms with Crippen LogP contribution in [0.2, 0.25) is 0 Å². The Hall–Kier alpha value is -1.09. The van der Waals surface area contributed by atoms with Crippen LogP contribution in [-0.2, 0) is 6.54 Å². The van der Waals surface area contributed by atoms with Crippen molar-refractivity contribution in [2.24, 2.45) is 5.92 Å². The van der Waals surface area contributed by atoms with Crippen LogP contribution in [0.5, 0.6) is 0 Å². The zero-order valence-corrected chi connectivity index (χ0v) is 10.4.